The van der Waals surface area contributed by atoms with Gasteiger partial charge in [-0.1, -0.05) is 13.8 Å². The number of Topliss-reactive ketones (excluding diaryl/α,β-unsaturated/α-hetero) is 1. The molecule has 1 fully saturated rings. The summed E-state index contributed by atoms with van der Waals surface area (Å²) in [7, 11) is 1.58. The van der Waals surface area contributed by atoms with Crippen LogP contribution >= 0.6 is 0 Å². The Kier molecular flexibility index (Phi) is 3.17. The number of methoxy groups -OCH3 is 1. The van der Waals surface area contributed by atoms with Crippen LogP contribution in [0.1, 0.15) is 33.6 Å². The van der Waals surface area contributed by atoms with Crippen LogP contribution in [0.4, 0.5) is 0 Å². The molecule has 100 valence electrons. The average Bonchev–Trinajstić information content (AvgIpc) is 2.31. The second-order valence-corrected chi connectivity index (χ2v) is 5.56. The lowest BCUT2D eigenvalue weighted by Gasteiger charge is -2.48. The smallest absolute Gasteiger partial charge is 0.249 e. The average molecular weight is 252 g/mol. The molecule has 0 radical (unpaired) electrons. The first-order chi connectivity index (χ1) is 8.40. The summed E-state index contributed by atoms with van der Waals surface area (Å²) in [5.41, 5.74) is -0.550. The minimum atomic E-state index is -0.550. The number of rotatable bonds is 1. The van der Waals surface area contributed by atoms with Gasteiger partial charge in [0.15, 0.2) is 5.78 Å². The van der Waals surface area contributed by atoms with Crippen LogP contribution in [0.2, 0.25) is 0 Å². The minimum Gasteiger partial charge on any atom is -0.483 e. The topological polar surface area (TPSA) is 59.0 Å². The molecule has 5 nitrogen and oxygen atoms in total. The maximum atomic E-state index is 12.4. The fraction of sp³-hybridized carbons (Fsp3) is 0.769. The summed E-state index contributed by atoms with van der Waals surface area (Å²) < 4.78 is 5.37. The molecule has 0 aromatic rings. The maximum Gasteiger partial charge on any atom is 0.249 e. The molecule has 2 aliphatic rings. The summed E-state index contributed by atoms with van der Waals surface area (Å²) in [4.78, 5) is 30.1. The predicted octanol–water partition coefficient (Wildman–Crippen LogP) is 1.02. The number of ketones is 1. The Hall–Kier alpha value is -1.39. The molecule has 2 atom stereocenters. The highest BCUT2D eigenvalue weighted by Crippen LogP contribution is 2.34. The van der Waals surface area contributed by atoms with Crippen LogP contribution in [-0.4, -0.2) is 47.7 Å². The molecule has 1 saturated heterocycles. The van der Waals surface area contributed by atoms with E-state index in [-0.39, 0.29) is 24.2 Å². The Morgan fingerprint density at radius 3 is 2.67 bits per heavy atom. The molecule has 0 aromatic carbocycles. The lowest BCUT2D eigenvalue weighted by Crippen LogP contribution is -2.65. The van der Waals surface area contributed by atoms with E-state index in [0.29, 0.717) is 18.7 Å². The SMILES string of the molecule is COC1=N[C@@H](C(C)C)C(=O)N2CC(=O)CC[C@@]12C. The molecule has 2 rings (SSSR count). The van der Waals surface area contributed by atoms with Crippen molar-refractivity contribution >= 4 is 17.6 Å². The van der Waals surface area contributed by atoms with Gasteiger partial charge >= 0.3 is 0 Å². The van der Waals surface area contributed by atoms with Gasteiger partial charge in [-0.15, -0.1) is 0 Å². The van der Waals surface area contributed by atoms with Gasteiger partial charge < -0.3 is 9.64 Å². The second-order valence-electron chi connectivity index (χ2n) is 5.56. The minimum absolute atomic E-state index is 0.0543. The van der Waals surface area contributed by atoms with Crippen LogP contribution in [0.25, 0.3) is 0 Å². The summed E-state index contributed by atoms with van der Waals surface area (Å²) in [6.45, 7) is 6.01. The van der Waals surface area contributed by atoms with Gasteiger partial charge in [0.1, 0.15) is 11.6 Å². The van der Waals surface area contributed by atoms with Gasteiger partial charge in [0.2, 0.25) is 11.8 Å². The largest absolute Gasteiger partial charge is 0.483 e. The fourth-order valence-electron chi connectivity index (χ4n) is 2.68. The highest BCUT2D eigenvalue weighted by molar-refractivity contribution is 6.01. The van der Waals surface area contributed by atoms with Crippen molar-refractivity contribution in [3.63, 3.8) is 0 Å². The maximum absolute atomic E-state index is 12.4. The first-order valence-corrected chi connectivity index (χ1v) is 6.35. The number of piperidine rings is 1. The predicted molar refractivity (Wildman–Crippen MR) is 67.4 cm³/mol. The van der Waals surface area contributed by atoms with Gasteiger partial charge in [0, 0.05) is 6.42 Å². The van der Waals surface area contributed by atoms with Gasteiger partial charge in [-0.3, -0.25) is 9.59 Å². The lowest BCUT2D eigenvalue weighted by molar-refractivity contribution is -0.146. The Morgan fingerprint density at radius 1 is 1.44 bits per heavy atom. The number of ether oxygens (including phenoxy) is 1. The van der Waals surface area contributed by atoms with Gasteiger partial charge in [0.05, 0.1) is 13.7 Å². The highest BCUT2D eigenvalue weighted by Gasteiger charge is 2.50. The Bertz CT molecular complexity index is 416. The van der Waals surface area contributed by atoms with Crippen molar-refractivity contribution in [2.75, 3.05) is 13.7 Å². The molecule has 18 heavy (non-hydrogen) atoms. The number of hydrogen-bond acceptors (Lipinski definition) is 4. The van der Waals surface area contributed by atoms with Gasteiger partial charge in [0.25, 0.3) is 0 Å². The summed E-state index contributed by atoms with van der Waals surface area (Å²) >= 11 is 0. The number of nitrogens with zero attached hydrogens (tertiary/aromatic N) is 2. The van der Waals surface area contributed by atoms with E-state index in [4.69, 9.17) is 4.74 Å². The monoisotopic (exact) mass is 252 g/mol. The molecule has 2 aliphatic heterocycles. The van der Waals surface area contributed by atoms with E-state index in [9.17, 15) is 9.59 Å². The number of carbonyl (C=O) groups excluding carboxylic acids is 2. The van der Waals surface area contributed by atoms with Crippen molar-refractivity contribution in [3.05, 3.63) is 0 Å². The van der Waals surface area contributed by atoms with E-state index in [2.05, 4.69) is 4.99 Å². The van der Waals surface area contributed by atoms with Crippen LogP contribution < -0.4 is 0 Å². The van der Waals surface area contributed by atoms with Crippen LogP contribution in [0.15, 0.2) is 4.99 Å². The van der Waals surface area contributed by atoms with E-state index in [1.807, 2.05) is 20.8 Å². The third-order valence-corrected chi connectivity index (χ3v) is 3.88. The first kappa shape index (κ1) is 13.1. The molecule has 0 N–H and O–H groups in total. The summed E-state index contributed by atoms with van der Waals surface area (Å²) in [6, 6.07) is -0.432. The van der Waals surface area contributed by atoms with Crippen molar-refractivity contribution in [2.45, 2.75) is 45.2 Å². The van der Waals surface area contributed by atoms with Crippen LogP contribution in [0.3, 0.4) is 0 Å². The molecule has 1 amide bonds. The van der Waals surface area contributed by atoms with Crippen molar-refractivity contribution in [1.82, 2.24) is 4.90 Å². The molecular weight excluding hydrogens is 232 g/mol. The molecule has 0 aliphatic carbocycles. The Labute approximate surface area is 107 Å². The van der Waals surface area contributed by atoms with Crippen LogP contribution in [0.5, 0.6) is 0 Å². The fourth-order valence-corrected chi connectivity index (χ4v) is 2.68. The van der Waals surface area contributed by atoms with Crippen molar-refractivity contribution in [2.24, 2.45) is 10.9 Å². The molecule has 0 aromatic heterocycles. The number of fused-ring (bicyclic) bond motifs is 1. The molecule has 0 spiro atoms. The van der Waals surface area contributed by atoms with Gasteiger partial charge in [-0.05, 0) is 19.3 Å². The quantitative estimate of drug-likeness (QED) is 0.700. The molecule has 0 saturated carbocycles. The molecule has 5 heteroatoms. The number of amides is 1. The number of carbonyl (C=O) groups is 2. The van der Waals surface area contributed by atoms with Gasteiger partial charge in [-0.25, -0.2) is 4.99 Å². The third-order valence-electron chi connectivity index (χ3n) is 3.88. The van der Waals surface area contributed by atoms with Crippen molar-refractivity contribution in [1.29, 1.82) is 0 Å². The molecular formula is C13H20N2O3. The highest BCUT2D eigenvalue weighted by atomic mass is 16.5. The van der Waals surface area contributed by atoms with E-state index in [0.717, 1.165) is 0 Å². The second kappa shape index (κ2) is 4.37. The van der Waals surface area contributed by atoms with E-state index in [1.165, 1.54) is 0 Å². The summed E-state index contributed by atoms with van der Waals surface area (Å²) in [5, 5.41) is 0. The van der Waals surface area contributed by atoms with E-state index < -0.39 is 11.6 Å². The summed E-state index contributed by atoms with van der Waals surface area (Å²) in [5.74, 6) is 0.736. The van der Waals surface area contributed by atoms with Crippen molar-refractivity contribution < 1.29 is 14.3 Å². The molecule has 2 heterocycles. The zero-order chi connectivity index (χ0) is 13.5. The number of aliphatic imine (C=N–C) groups is 1. The zero-order valence-electron chi connectivity index (χ0n) is 11.4. The Balaban J connectivity index is 2.44. The zero-order valence-corrected chi connectivity index (χ0v) is 11.4. The normalized spacial score (nSPS) is 32.4. The van der Waals surface area contributed by atoms with E-state index >= 15 is 0 Å². The van der Waals surface area contributed by atoms with Crippen LogP contribution in [-0.2, 0) is 14.3 Å². The lowest BCUT2D eigenvalue weighted by atomic mass is 9.84. The van der Waals surface area contributed by atoms with E-state index in [1.54, 1.807) is 12.0 Å². The van der Waals surface area contributed by atoms with Crippen molar-refractivity contribution in [3.8, 4) is 0 Å². The third kappa shape index (κ3) is 1.82. The molecule has 0 bridgehead atoms. The standard InChI is InChI=1S/C13H20N2O3/c1-8(2)10-11(17)15-7-9(16)5-6-13(15,3)12(14-10)18-4/h8,10H,5-7H2,1-4H3/t10-,13-/m0/s1. The first-order valence-electron chi connectivity index (χ1n) is 6.35. The van der Waals surface area contributed by atoms with Crippen LogP contribution in [0, 0.1) is 5.92 Å². The summed E-state index contributed by atoms with van der Waals surface area (Å²) in [6.07, 6.45) is 1.07. The number of hydrogen-bond donors (Lipinski definition) is 0. The Morgan fingerprint density at radius 2 is 2.11 bits per heavy atom. The van der Waals surface area contributed by atoms with Gasteiger partial charge in [-0.2, -0.15) is 0 Å². The molecule has 0 unspecified atom stereocenters.